The molecule has 14 atom stereocenters. The number of esters is 2. The van der Waals surface area contributed by atoms with Crippen LogP contribution in [0.25, 0.3) is 0 Å². The summed E-state index contributed by atoms with van der Waals surface area (Å²) in [5, 5.41) is 0. The largest absolute Gasteiger partial charge is 0.469 e. The van der Waals surface area contributed by atoms with Gasteiger partial charge in [-0.3, -0.25) is 9.59 Å². The van der Waals surface area contributed by atoms with Gasteiger partial charge in [-0.1, -0.05) is 15.9 Å². The van der Waals surface area contributed by atoms with Crippen LogP contribution in [-0.4, -0.2) is 30.0 Å². The second-order valence-electron chi connectivity index (χ2n) is 10.6. The highest BCUT2D eigenvalue weighted by atomic mass is 79.9. The number of halogens is 1. The maximum atomic E-state index is 13.7. The average Bonchev–Trinajstić information content (AvgIpc) is 3.41. The van der Waals surface area contributed by atoms with Crippen LogP contribution in [-0.2, 0) is 19.1 Å². The molecule has 1 heterocycles. The first kappa shape index (κ1) is 14.4. The number of rotatable bonds is 1. The van der Waals surface area contributed by atoms with Crippen LogP contribution < -0.4 is 0 Å². The van der Waals surface area contributed by atoms with E-state index in [1.165, 1.54) is 12.8 Å². The standard InChI is InChI=1S/C21H23BrO4/c1-25-18(23)20-15-7-3-5-9-11(7)17-13(15)12-14(21(17,20)19(24)26-9)6-2-4-8(22)10(6)16(12)20/h6-17H,2-5H2,1H3/t6-,7-,8+,9+,10-,11+,12+,13-,14+,15+,16+,17-,20+,21+/m1/s1. The van der Waals surface area contributed by atoms with Crippen LogP contribution in [0.5, 0.6) is 0 Å². The van der Waals surface area contributed by atoms with Gasteiger partial charge in [0.2, 0.25) is 0 Å². The monoisotopic (exact) mass is 418 g/mol. The quantitative estimate of drug-likeness (QED) is 0.485. The van der Waals surface area contributed by atoms with Gasteiger partial charge in [-0.2, -0.15) is 0 Å². The number of hydrogen-bond acceptors (Lipinski definition) is 4. The van der Waals surface area contributed by atoms with Gasteiger partial charge in [-0.15, -0.1) is 0 Å². The van der Waals surface area contributed by atoms with Crippen molar-refractivity contribution < 1.29 is 19.1 Å². The van der Waals surface area contributed by atoms with E-state index >= 15 is 0 Å². The molecule has 1 spiro atoms. The van der Waals surface area contributed by atoms with Crippen molar-refractivity contribution in [1.29, 1.82) is 0 Å². The molecule has 0 amide bonds. The molecule has 0 aromatic carbocycles. The molecule has 8 aliphatic carbocycles. The Labute approximate surface area is 160 Å². The number of carbonyl (C=O) groups is 2. The summed E-state index contributed by atoms with van der Waals surface area (Å²) >= 11 is 3.97. The summed E-state index contributed by atoms with van der Waals surface area (Å²) in [6.45, 7) is 0. The third-order valence-corrected chi connectivity index (χ3v) is 12.2. The Balaban J connectivity index is 1.47. The Morgan fingerprint density at radius 1 is 1.00 bits per heavy atom. The van der Waals surface area contributed by atoms with Crippen LogP contribution >= 0.6 is 15.9 Å². The van der Waals surface area contributed by atoms with Crippen LogP contribution in [0.3, 0.4) is 0 Å². The lowest BCUT2D eigenvalue weighted by Gasteiger charge is -2.60. The predicted octanol–water partition coefficient (Wildman–Crippen LogP) is 2.64. The maximum absolute atomic E-state index is 13.7. The minimum atomic E-state index is -0.558. The molecule has 1 aliphatic heterocycles. The summed E-state index contributed by atoms with van der Waals surface area (Å²) in [6.07, 6.45) is 4.71. The van der Waals surface area contributed by atoms with Crippen molar-refractivity contribution >= 4 is 27.9 Å². The van der Waals surface area contributed by atoms with Crippen LogP contribution in [0.4, 0.5) is 0 Å². The molecule has 26 heavy (non-hydrogen) atoms. The van der Waals surface area contributed by atoms with Crippen LogP contribution in [0.2, 0.25) is 0 Å². The van der Waals surface area contributed by atoms with Crippen molar-refractivity contribution in [3.8, 4) is 0 Å². The smallest absolute Gasteiger partial charge is 0.314 e. The number of fused-ring (bicyclic) bond motifs is 1. The molecule has 4 nitrogen and oxygen atoms in total. The fraction of sp³-hybridized carbons (Fsp3) is 0.905. The molecule has 0 aromatic heterocycles. The Morgan fingerprint density at radius 2 is 1.73 bits per heavy atom. The van der Waals surface area contributed by atoms with Crippen molar-refractivity contribution in [1.82, 2.24) is 0 Å². The van der Waals surface area contributed by atoms with Gasteiger partial charge in [0.25, 0.3) is 0 Å². The van der Waals surface area contributed by atoms with E-state index in [2.05, 4.69) is 15.9 Å². The molecule has 1 saturated heterocycles. The lowest BCUT2D eigenvalue weighted by Crippen LogP contribution is -2.68. The predicted molar refractivity (Wildman–Crippen MR) is 92.8 cm³/mol. The number of hydrogen-bond donors (Lipinski definition) is 0. The third kappa shape index (κ3) is 0.931. The fourth-order valence-electron chi connectivity index (χ4n) is 11.8. The van der Waals surface area contributed by atoms with Gasteiger partial charge in [-0.25, -0.2) is 0 Å². The molecule has 8 bridgehead atoms. The summed E-state index contributed by atoms with van der Waals surface area (Å²) in [6, 6.07) is 0. The molecule has 9 rings (SSSR count). The first-order chi connectivity index (χ1) is 12.6. The van der Waals surface area contributed by atoms with E-state index in [9.17, 15) is 9.59 Å². The van der Waals surface area contributed by atoms with Crippen molar-refractivity contribution in [2.24, 2.45) is 70.0 Å². The van der Waals surface area contributed by atoms with Gasteiger partial charge in [0, 0.05) is 10.7 Å². The van der Waals surface area contributed by atoms with Gasteiger partial charge < -0.3 is 9.47 Å². The van der Waals surface area contributed by atoms with Crippen molar-refractivity contribution in [3.05, 3.63) is 0 Å². The summed E-state index contributed by atoms with van der Waals surface area (Å²) in [5.41, 5.74) is -1.08. The highest BCUT2D eigenvalue weighted by Gasteiger charge is 3.02. The highest BCUT2D eigenvalue weighted by Crippen LogP contribution is 2.98. The average molecular weight is 419 g/mol. The Morgan fingerprint density at radius 3 is 2.54 bits per heavy atom. The topological polar surface area (TPSA) is 52.6 Å². The maximum Gasteiger partial charge on any atom is 0.314 e. The lowest BCUT2D eigenvalue weighted by molar-refractivity contribution is -0.232. The van der Waals surface area contributed by atoms with E-state index < -0.39 is 10.8 Å². The third-order valence-electron chi connectivity index (χ3n) is 11.2. The van der Waals surface area contributed by atoms with Crippen LogP contribution in [0.15, 0.2) is 0 Å². The zero-order chi connectivity index (χ0) is 17.3. The van der Waals surface area contributed by atoms with Gasteiger partial charge >= 0.3 is 11.9 Å². The van der Waals surface area contributed by atoms with E-state index in [0.29, 0.717) is 64.0 Å². The number of methoxy groups -OCH3 is 1. The molecule has 0 N–H and O–H groups in total. The van der Waals surface area contributed by atoms with E-state index in [1.54, 1.807) is 7.11 Å². The lowest BCUT2D eigenvalue weighted by atomic mass is 9.43. The van der Waals surface area contributed by atoms with E-state index in [1.807, 2.05) is 0 Å². The number of ether oxygens (including phenoxy) is 2. The van der Waals surface area contributed by atoms with Crippen molar-refractivity contribution in [2.75, 3.05) is 7.11 Å². The van der Waals surface area contributed by atoms with E-state index in [4.69, 9.17) is 9.47 Å². The second-order valence-corrected chi connectivity index (χ2v) is 11.8. The second kappa shape index (κ2) is 3.79. The fourth-order valence-corrected chi connectivity index (χ4v) is 12.8. The molecule has 0 radical (unpaired) electrons. The van der Waals surface area contributed by atoms with Crippen LogP contribution in [0.1, 0.15) is 25.7 Å². The van der Waals surface area contributed by atoms with Crippen molar-refractivity contribution in [2.45, 2.75) is 36.6 Å². The van der Waals surface area contributed by atoms with E-state index in [0.717, 1.165) is 12.8 Å². The molecule has 5 heteroatoms. The molecule has 9 aliphatic rings. The van der Waals surface area contributed by atoms with Gasteiger partial charge in [0.1, 0.15) is 6.10 Å². The molecular weight excluding hydrogens is 396 g/mol. The van der Waals surface area contributed by atoms with Gasteiger partial charge in [-0.05, 0) is 78.9 Å². The first-order valence-electron chi connectivity index (χ1n) is 10.5. The summed E-state index contributed by atoms with van der Waals surface area (Å²) in [4.78, 5) is 27.8. The zero-order valence-corrected chi connectivity index (χ0v) is 16.4. The van der Waals surface area contributed by atoms with Gasteiger partial charge in [0.05, 0.1) is 17.9 Å². The molecule has 8 saturated carbocycles. The minimum Gasteiger partial charge on any atom is -0.469 e. The minimum absolute atomic E-state index is 0.00784. The van der Waals surface area contributed by atoms with Crippen molar-refractivity contribution in [3.63, 3.8) is 0 Å². The van der Waals surface area contributed by atoms with Crippen LogP contribution in [0, 0.1) is 70.0 Å². The first-order valence-corrected chi connectivity index (χ1v) is 11.5. The molecule has 138 valence electrons. The van der Waals surface area contributed by atoms with Gasteiger partial charge in [0.15, 0.2) is 0 Å². The molecular formula is C21H23BrO4. The highest BCUT2D eigenvalue weighted by molar-refractivity contribution is 9.09. The molecule has 0 unspecified atom stereocenters. The molecule has 9 fully saturated rings. The Bertz CT molecular complexity index is 812. The summed E-state index contributed by atoms with van der Waals surface area (Å²) < 4.78 is 11.7. The molecule has 0 aromatic rings. The van der Waals surface area contributed by atoms with E-state index in [-0.39, 0.29) is 18.0 Å². The number of alkyl halides is 1. The summed E-state index contributed by atoms with van der Waals surface area (Å²) in [5.74, 6) is 5.01. The zero-order valence-electron chi connectivity index (χ0n) is 14.8. The Kier molecular flexibility index (Phi) is 2.10. The summed E-state index contributed by atoms with van der Waals surface area (Å²) in [7, 11) is 1.54. The SMILES string of the molecule is COC(=O)[C@]12[C@@H]3[C@H]4[C@H]5[C@H]6[C@H]7[C@@H](CC[C@@H]7OC(=O)[C@]61[C@H]4[C@@H]1CC[C@H](Br)[C@@H]13)[C@@H]52. The Hall–Kier alpha value is -0.580. The number of carbonyl (C=O) groups excluding carboxylic acids is 2. The normalized spacial score (nSPS) is 71.7.